The molecule has 0 spiro atoms. The van der Waals surface area contributed by atoms with Crippen LogP contribution in [0.2, 0.25) is 0 Å². The van der Waals surface area contributed by atoms with Crippen molar-refractivity contribution < 1.29 is 13.2 Å². The Morgan fingerprint density at radius 3 is 2.73 bits per heavy atom. The van der Waals surface area contributed by atoms with Gasteiger partial charge in [0, 0.05) is 50.6 Å². The van der Waals surface area contributed by atoms with Gasteiger partial charge in [0.25, 0.3) is 10.2 Å². The Balaban J connectivity index is 1.64. The smallest absolute Gasteiger partial charge is 0.282 e. The minimum Gasteiger partial charge on any atom is -0.383 e. The fraction of sp³-hybridized carbons (Fsp3) is 0.786. The highest BCUT2D eigenvalue weighted by Gasteiger charge is 2.39. The molecule has 1 atom stereocenters. The Kier molecular flexibility index (Phi) is 4.82. The van der Waals surface area contributed by atoms with Crippen LogP contribution in [-0.4, -0.2) is 66.6 Å². The predicted molar refractivity (Wildman–Crippen MR) is 82.7 cm³/mol. The Bertz CT molecular complexity index is 567. The molecule has 2 saturated heterocycles. The lowest BCUT2D eigenvalue weighted by Crippen LogP contribution is -2.49. The molecule has 2 aliphatic heterocycles. The molecule has 1 aromatic heterocycles. The van der Waals surface area contributed by atoms with E-state index in [1.165, 1.54) is 0 Å². The zero-order valence-electron chi connectivity index (χ0n) is 12.9. The molecule has 0 radical (unpaired) electrons. The maximum absolute atomic E-state index is 12.8. The van der Waals surface area contributed by atoms with Crippen molar-refractivity contribution in [1.29, 1.82) is 0 Å². The van der Waals surface area contributed by atoms with E-state index in [1.54, 1.807) is 21.9 Å². The van der Waals surface area contributed by atoms with Crippen LogP contribution in [0.1, 0.15) is 37.3 Å². The monoisotopic (exact) mass is 328 g/mol. The van der Waals surface area contributed by atoms with Gasteiger partial charge in [0.05, 0.1) is 6.61 Å². The predicted octanol–water partition coefficient (Wildman–Crippen LogP) is 0.945. The summed E-state index contributed by atoms with van der Waals surface area (Å²) in [6.07, 6.45) is 5.22. The highest BCUT2D eigenvalue weighted by Crippen LogP contribution is 2.30. The van der Waals surface area contributed by atoms with Crippen molar-refractivity contribution in [2.75, 3.05) is 33.4 Å². The van der Waals surface area contributed by atoms with Gasteiger partial charge >= 0.3 is 0 Å². The molecule has 2 aliphatic rings. The summed E-state index contributed by atoms with van der Waals surface area (Å²) in [5.74, 6) is 0.377. The van der Waals surface area contributed by atoms with Gasteiger partial charge in [-0.15, -0.1) is 0 Å². The number of nitrogens with zero attached hydrogens (tertiary/aromatic N) is 3. The van der Waals surface area contributed by atoms with Gasteiger partial charge in [0.1, 0.15) is 0 Å². The summed E-state index contributed by atoms with van der Waals surface area (Å²) in [6.45, 7) is 2.23. The number of hydrogen-bond donors (Lipinski definition) is 1. The third-order valence-electron chi connectivity index (χ3n) is 4.72. The van der Waals surface area contributed by atoms with Crippen molar-refractivity contribution in [2.24, 2.45) is 0 Å². The highest BCUT2D eigenvalue weighted by atomic mass is 32.2. The summed E-state index contributed by atoms with van der Waals surface area (Å²) in [4.78, 5) is 0. The molecule has 22 heavy (non-hydrogen) atoms. The third-order valence-corrected chi connectivity index (χ3v) is 6.81. The third kappa shape index (κ3) is 3.05. The van der Waals surface area contributed by atoms with Gasteiger partial charge in [-0.05, 0) is 31.7 Å². The first-order valence-electron chi connectivity index (χ1n) is 7.88. The van der Waals surface area contributed by atoms with Crippen molar-refractivity contribution >= 4 is 10.2 Å². The molecule has 0 aliphatic carbocycles. The lowest BCUT2D eigenvalue weighted by Gasteiger charge is -2.35. The average molecular weight is 328 g/mol. The van der Waals surface area contributed by atoms with E-state index in [0.717, 1.165) is 31.4 Å². The first-order chi connectivity index (χ1) is 10.6. The van der Waals surface area contributed by atoms with E-state index in [1.807, 2.05) is 6.07 Å². The molecule has 1 aromatic rings. The van der Waals surface area contributed by atoms with Crippen molar-refractivity contribution in [2.45, 2.75) is 37.6 Å². The number of H-pyrrole nitrogens is 1. The van der Waals surface area contributed by atoms with Crippen LogP contribution >= 0.6 is 0 Å². The topological polar surface area (TPSA) is 78.5 Å². The van der Waals surface area contributed by atoms with Gasteiger partial charge in [-0.1, -0.05) is 0 Å². The second kappa shape index (κ2) is 6.66. The summed E-state index contributed by atoms with van der Waals surface area (Å²) in [7, 11) is -1.74. The highest BCUT2D eigenvalue weighted by molar-refractivity contribution is 7.86. The zero-order chi connectivity index (χ0) is 15.6. The molecule has 1 N–H and O–H groups in total. The van der Waals surface area contributed by atoms with E-state index in [2.05, 4.69) is 10.2 Å². The first kappa shape index (κ1) is 15.9. The number of nitrogens with one attached hydrogen (secondary N) is 1. The van der Waals surface area contributed by atoms with E-state index < -0.39 is 10.2 Å². The number of aromatic amines is 1. The lowest BCUT2D eigenvalue weighted by molar-refractivity contribution is 0.144. The number of piperidine rings is 1. The van der Waals surface area contributed by atoms with Crippen LogP contribution in [0, 0.1) is 0 Å². The Hall–Kier alpha value is -0.960. The van der Waals surface area contributed by atoms with Crippen molar-refractivity contribution in [1.82, 2.24) is 18.8 Å². The standard InChI is InChI=1S/C14H24N4O3S/c1-21-11-13-3-2-8-18(13)22(19,20)17-9-5-12(6-10-17)14-4-7-15-16-14/h4,7,12-13H,2-3,5-6,8-11H2,1H3,(H,15,16). The molecule has 7 nitrogen and oxygen atoms in total. The summed E-state index contributed by atoms with van der Waals surface area (Å²) in [6, 6.07) is 1.96. The second-order valence-electron chi connectivity index (χ2n) is 6.06. The van der Waals surface area contributed by atoms with Gasteiger partial charge in [-0.2, -0.15) is 22.1 Å². The summed E-state index contributed by atoms with van der Waals surface area (Å²) in [5, 5.41) is 6.97. The van der Waals surface area contributed by atoms with Crippen molar-refractivity contribution in [3.05, 3.63) is 18.0 Å². The Labute approximate surface area is 131 Å². The number of hydrogen-bond acceptors (Lipinski definition) is 4. The van der Waals surface area contributed by atoms with Gasteiger partial charge in [-0.25, -0.2) is 0 Å². The van der Waals surface area contributed by atoms with Gasteiger partial charge < -0.3 is 4.74 Å². The van der Waals surface area contributed by atoms with E-state index in [0.29, 0.717) is 32.2 Å². The molecular weight excluding hydrogens is 304 g/mol. The molecule has 3 heterocycles. The van der Waals surface area contributed by atoms with Crippen LogP contribution in [0.3, 0.4) is 0 Å². The van der Waals surface area contributed by atoms with Crippen molar-refractivity contribution in [3.63, 3.8) is 0 Å². The summed E-state index contributed by atoms with van der Waals surface area (Å²) in [5.41, 5.74) is 1.11. The fourth-order valence-electron chi connectivity index (χ4n) is 3.51. The van der Waals surface area contributed by atoms with Crippen LogP contribution in [0.4, 0.5) is 0 Å². The molecule has 0 aromatic carbocycles. The molecular formula is C14H24N4O3S. The Morgan fingerprint density at radius 2 is 2.09 bits per heavy atom. The summed E-state index contributed by atoms with van der Waals surface area (Å²) < 4.78 is 34.1. The zero-order valence-corrected chi connectivity index (χ0v) is 13.8. The molecule has 0 saturated carbocycles. The minimum absolute atomic E-state index is 0.0136. The molecule has 0 amide bonds. The number of ether oxygens (including phenoxy) is 1. The Morgan fingerprint density at radius 1 is 1.32 bits per heavy atom. The van der Waals surface area contributed by atoms with Crippen molar-refractivity contribution in [3.8, 4) is 0 Å². The van der Waals surface area contributed by atoms with E-state index in [-0.39, 0.29) is 6.04 Å². The maximum atomic E-state index is 12.8. The quantitative estimate of drug-likeness (QED) is 0.873. The molecule has 8 heteroatoms. The van der Waals surface area contributed by atoms with Gasteiger partial charge in [-0.3, -0.25) is 5.10 Å². The normalized spacial score (nSPS) is 25.8. The molecule has 3 rings (SSSR count). The second-order valence-corrected chi connectivity index (χ2v) is 7.94. The van der Waals surface area contributed by atoms with E-state index in [4.69, 9.17) is 4.74 Å². The number of aromatic nitrogens is 2. The van der Waals surface area contributed by atoms with E-state index >= 15 is 0 Å². The average Bonchev–Trinajstić information content (AvgIpc) is 3.19. The largest absolute Gasteiger partial charge is 0.383 e. The summed E-state index contributed by atoms with van der Waals surface area (Å²) >= 11 is 0. The van der Waals surface area contributed by atoms with Crippen LogP contribution in [0.25, 0.3) is 0 Å². The van der Waals surface area contributed by atoms with Crippen LogP contribution in [-0.2, 0) is 14.9 Å². The number of rotatable bonds is 5. The maximum Gasteiger partial charge on any atom is 0.282 e. The van der Waals surface area contributed by atoms with E-state index in [9.17, 15) is 8.42 Å². The first-order valence-corrected chi connectivity index (χ1v) is 9.27. The van der Waals surface area contributed by atoms with Gasteiger partial charge in [0.2, 0.25) is 0 Å². The lowest BCUT2D eigenvalue weighted by atomic mass is 9.95. The van der Waals surface area contributed by atoms with Crippen LogP contribution in [0.15, 0.2) is 12.3 Å². The van der Waals surface area contributed by atoms with Crippen LogP contribution in [0.5, 0.6) is 0 Å². The minimum atomic E-state index is -3.36. The van der Waals surface area contributed by atoms with Gasteiger partial charge in [0.15, 0.2) is 0 Å². The fourth-order valence-corrected chi connectivity index (χ4v) is 5.38. The molecule has 2 fully saturated rings. The molecule has 0 bridgehead atoms. The number of methoxy groups -OCH3 is 1. The molecule has 1 unspecified atom stereocenters. The van der Waals surface area contributed by atoms with Crippen LogP contribution < -0.4 is 0 Å². The SMILES string of the molecule is COCC1CCCN1S(=O)(=O)N1CCC(c2ccn[nH]2)CC1. The molecule has 124 valence electrons.